The number of thiazole rings is 1. The van der Waals surface area contributed by atoms with E-state index in [0.29, 0.717) is 21.9 Å². The molecule has 0 saturated carbocycles. The Kier molecular flexibility index (Phi) is 5.06. The van der Waals surface area contributed by atoms with Gasteiger partial charge in [-0.2, -0.15) is 5.26 Å². The lowest BCUT2D eigenvalue weighted by Crippen LogP contribution is -2.11. The molecule has 2 aromatic carbocycles. The summed E-state index contributed by atoms with van der Waals surface area (Å²) in [5, 5.41) is 16.7. The molecule has 0 aliphatic heterocycles. The van der Waals surface area contributed by atoms with Gasteiger partial charge >= 0.3 is 0 Å². The van der Waals surface area contributed by atoms with Gasteiger partial charge in [0.25, 0.3) is 5.91 Å². The number of benzene rings is 2. The van der Waals surface area contributed by atoms with Gasteiger partial charge in [0, 0.05) is 29.1 Å². The fourth-order valence-electron chi connectivity index (χ4n) is 2.29. The van der Waals surface area contributed by atoms with Crippen LogP contribution in [0.15, 0.2) is 53.9 Å². The molecule has 0 atom stereocenters. The number of carbonyl (C=O) groups excluding carboxylic acids is 2. The summed E-state index contributed by atoms with van der Waals surface area (Å²) in [5.74, 6) is -0.444. The van der Waals surface area contributed by atoms with Crippen LogP contribution in [0.1, 0.15) is 22.8 Å². The van der Waals surface area contributed by atoms with Crippen LogP contribution in [0, 0.1) is 11.3 Å². The van der Waals surface area contributed by atoms with Crippen LogP contribution in [-0.4, -0.2) is 16.8 Å². The summed E-state index contributed by atoms with van der Waals surface area (Å²) >= 11 is 1.31. The van der Waals surface area contributed by atoms with Crippen molar-refractivity contribution in [1.82, 2.24) is 4.98 Å². The molecule has 0 saturated heterocycles. The molecule has 0 aliphatic rings. The highest BCUT2D eigenvalue weighted by molar-refractivity contribution is 7.14. The molecule has 0 aliphatic carbocycles. The molecule has 0 unspecified atom stereocenters. The van der Waals surface area contributed by atoms with E-state index in [2.05, 4.69) is 15.6 Å². The number of aromatic nitrogens is 1. The molecule has 128 valence electrons. The van der Waals surface area contributed by atoms with E-state index in [1.165, 1.54) is 24.3 Å². The van der Waals surface area contributed by atoms with Gasteiger partial charge in [-0.3, -0.25) is 14.9 Å². The van der Waals surface area contributed by atoms with Gasteiger partial charge in [-0.15, -0.1) is 11.3 Å². The molecule has 6 nitrogen and oxygen atoms in total. The highest BCUT2D eigenvalue weighted by Crippen LogP contribution is 2.26. The molecular weight excluding hydrogens is 348 g/mol. The normalized spacial score (nSPS) is 10.0. The van der Waals surface area contributed by atoms with Crippen molar-refractivity contribution in [1.29, 1.82) is 5.26 Å². The average Bonchev–Trinajstić information content (AvgIpc) is 3.10. The molecular formula is C19H14N4O2S. The van der Waals surface area contributed by atoms with Gasteiger partial charge in [-0.25, -0.2) is 4.98 Å². The third-order valence-corrected chi connectivity index (χ3v) is 4.24. The molecule has 2 amide bonds. The van der Waals surface area contributed by atoms with Gasteiger partial charge in [0.1, 0.15) is 0 Å². The zero-order chi connectivity index (χ0) is 18.5. The monoisotopic (exact) mass is 362 g/mol. The van der Waals surface area contributed by atoms with Gasteiger partial charge in [0.05, 0.1) is 17.3 Å². The molecule has 0 bridgehead atoms. The maximum Gasteiger partial charge on any atom is 0.257 e. The first kappa shape index (κ1) is 17.3. The number of nitrogens with zero attached hydrogens (tertiary/aromatic N) is 2. The summed E-state index contributed by atoms with van der Waals surface area (Å²) in [6, 6.07) is 15.8. The van der Waals surface area contributed by atoms with Crippen LogP contribution in [0.3, 0.4) is 0 Å². The van der Waals surface area contributed by atoms with Gasteiger partial charge < -0.3 is 5.32 Å². The second-order valence-electron chi connectivity index (χ2n) is 5.44. The highest BCUT2D eigenvalue weighted by Gasteiger charge is 2.10. The molecule has 1 aromatic heterocycles. The van der Waals surface area contributed by atoms with Crippen LogP contribution < -0.4 is 10.6 Å². The third-order valence-electron chi connectivity index (χ3n) is 3.48. The van der Waals surface area contributed by atoms with E-state index in [-0.39, 0.29) is 11.8 Å². The Hall–Kier alpha value is -3.50. The summed E-state index contributed by atoms with van der Waals surface area (Å²) < 4.78 is 0. The predicted molar refractivity (Wildman–Crippen MR) is 101 cm³/mol. The molecule has 3 rings (SSSR count). The van der Waals surface area contributed by atoms with E-state index in [1.54, 1.807) is 30.3 Å². The average molecular weight is 362 g/mol. The lowest BCUT2D eigenvalue weighted by Gasteiger charge is -2.03. The first-order chi connectivity index (χ1) is 12.5. The topological polar surface area (TPSA) is 94.9 Å². The summed E-state index contributed by atoms with van der Waals surface area (Å²) in [5.41, 5.74) is 3.15. The number of rotatable bonds is 4. The van der Waals surface area contributed by atoms with Crippen molar-refractivity contribution in [3.8, 4) is 17.3 Å². The number of amides is 2. The predicted octanol–water partition coefficient (Wildman–Crippen LogP) is 3.89. The van der Waals surface area contributed by atoms with Crippen LogP contribution in [-0.2, 0) is 4.79 Å². The van der Waals surface area contributed by atoms with Gasteiger partial charge in [-0.05, 0) is 30.3 Å². The minimum absolute atomic E-state index is 0.128. The second-order valence-corrected chi connectivity index (χ2v) is 6.30. The zero-order valence-electron chi connectivity index (χ0n) is 13.8. The van der Waals surface area contributed by atoms with Crippen LogP contribution in [0.4, 0.5) is 10.8 Å². The molecule has 3 aromatic rings. The smallest absolute Gasteiger partial charge is 0.257 e. The molecule has 1 heterocycles. The van der Waals surface area contributed by atoms with Crippen molar-refractivity contribution in [2.75, 3.05) is 10.6 Å². The van der Waals surface area contributed by atoms with E-state index in [0.717, 1.165) is 11.3 Å². The largest absolute Gasteiger partial charge is 0.326 e. The Bertz CT molecular complexity index is 1000. The van der Waals surface area contributed by atoms with Crippen molar-refractivity contribution in [3.63, 3.8) is 0 Å². The van der Waals surface area contributed by atoms with E-state index < -0.39 is 0 Å². The van der Waals surface area contributed by atoms with E-state index in [1.807, 2.05) is 23.6 Å². The quantitative estimate of drug-likeness (QED) is 0.736. The minimum atomic E-state index is -0.316. The van der Waals surface area contributed by atoms with E-state index in [4.69, 9.17) is 5.26 Å². The van der Waals surface area contributed by atoms with E-state index >= 15 is 0 Å². The van der Waals surface area contributed by atoms with Crippen molar-refractivity contribution in [2.24, 2.45) is 0 Å². The number of carbonyl (C=O) groups is 2. The second kappa shape index (κ2) is 7.59. The van der Waals surface area contributed by atoms with Gasteiger partial charge in [0.15, 0.2) is 5.13 Å². The Morgan fingerprint density at radius 1 is 1.12 bits per heavy atom. The lowest BCUT2D eigenvalue weighted by molar-refractivity contribution is -0.114. The highest BCUT2D eigenvalue weighted by atomic mass is 32.1. The maximum atomic E-state index is 12.3. The van der Waals surface area contributed by atoms with Crippen molar-refractivity contribution >= 4 is 34.0 Å². The van der Waals surface area contributed by atoms with Crippen LogP contribution in [0.5, 0.6) is 0 Å². The molecule has 7 heteroatoms. The number of hydrogen-bond acceptors (Lipinski definition) is 5. The number of anilines is 2. The Balaban J connectivity index is 1.72. The fraction of sp³-hybridized carbons (Fsp3) is 0.0526. The Labute approximate surface area is 154 Å². The molecule has 0 spiro atoms. The first-order valence-corrected chi connectivity index (χ1v) is 8.58. The fourth-order valence-corrected chi connectivity index (χ4v) is 3.01. The zero-order valence-corrected chi connectivity index (χ0v) is 14.6. The standard InChI is InChI=1S/C19H14N4O2S/c1-12(24)21-16-7-5-14(6-8-16)17-11-26-19(22-17)23-18(25)15-4-2-3-13(9-15)10-20/h2-9,11H,1H3,(H,21,24)(H,22,23,25). The summed E-state index contributed by atoms with van der Waals surface area (Å²) in [6.45, 7) is 1.45. The number of hydrogen-bond donors (Lipinski definition) is 2. The maximum absolute atomic E-state index is 12.3. The Morgan fingerprint density at radius 2 is 1.88 bits per heavy atom. The summed E-state index contributed by atoms with van der Waals surface area (Å²) in [4.78, 5) is 27.7. The summed E-state index contributed by atoms with van der Waals surface area (Å²) in [6.07, 6.45) is 0. The first-order valence-electron chi connectivity index (χ1n) is 7.70. The molecule has 2 N–H and O–H groups in total. The van der Waals surface area contributed by atoms with Gasteiger partial charge in [0.2, 0.25) is 5.91 Å². The summed E-state index contributed by atoms with van der Waals surface area (Å²) in [7, 11) is 0. The SMILES string of the molecule is CC(=O)Nc1ccc(-c2csc(NC(=O)c3cccc(C#N)c3)n2)cc1. The van der Waals surface area contributed by atoms with Crippen molar-refractivity contribution in [2.45, 2.75) is 6.92 Å². The third kappa shape index (κ3) is 4.12. The molecule has 26 heavy (non-hydrogen) atoms. The number of nitriles is 1. The Morgan fingerprint density at radius 3 is 2.58 bits per heavy atom. The van der Waals surface area contributed by atoms with Crippen LogP contribution in [0.2, 0.25) is 0 Å². The number of nitrogens with one attached hydrogen (secondary N) is 2. The van der Waals surface area contributed by atoms with Crippen molar-refractivity contribution in [3.05, 3.63) is 65.0 Å². The molecule has 0 radical (unpaired) electrons. The van der Waals surface area contributed by atoms with Crippen LogP contribution in [0.25, 0.3) is 11.3 Å². The van der Waals surface area contributed by atoms with E-state index in [9.17, 15) is 9.59 Å². The minimum Gasteiger partial charge on any atom is -0.326 e. The van der Waals surface area contributed by atoms with Crippen LogP contribution >= 0.6 is 11.3 Å². The van der Waals surface area contributed by atoms with Crippen molar-refractivity contribution < 1.29 is 9.59 Å². The lowest BCUT2D eigenvalue weighted by atomic mass is 10.1. The van der Waals surface area contributed by atoms with Gasteiger partial charge in [-0.1, -0.05) is 18.2 Å². The molecule has 0 fully saturated rings.